The number of rotatable bonds is 7. The number of aromatic nitrogens is 4. The minimum absolute atomic E-state index is 0.0403. The highest BCUT2D eigenvalue weighted by atomic mass is 32.2. The number of sulfone groups is 1. The van der Waals surface area contributed by atoms with Gasteiger partial charge in [-0.3, -0.25) is 4.79 Å². The zero-order valence-electron chi connectivity index (χ0n) is 21.7. The molecule has 0 bridgehead atoms. The largest absolute Gasteiger partial charge is 0.497 e. The molecule has 1 aromatic carbocycles. The van der Waals surface area contributed by atoms with Gasteiger partial charge in [-0.2, -0.15) is 5.10 Å². The van der Waals surface area contributed by atoms with Crippen LogP contribution in [0, 0.1) is 6.92 Å². The molecule has 0 unspecified atom stereocenters. The molecule has 11 heteroatoms. The monoisotopic (exact) mass is 483 g/mol. The van der Waals surface area contributed by atoms with E-state index >= 15 is 0 Å². The van der Waals surface area contributed by atoms with E-state index in [2.05, 4.69) is 20.5 Å². The summed E-state index contributed by atoms with van der Waals surface area (Å²) >= 11 is 0. The van der Waals surface area contributed by atoms with E-state index in [9.17, 15) is 13.2 Å². The minimum Gasteiger partial charge on any atom is -0.497 e. The lowest BCUT2D eigenvalue weighted by molar-refractivity contribution is 0.0958. The normalized spacial score (nSPS) is 13.1. The Morgan fingerprint density at radius 3 is 2.65 bits per heavy atom. The van der Waals surface area contributed by atoms with Gasteiger partial charge in [-0.25, -0.2) is 13.4 Å². The molecule has 0 aliphatic rings. The number of benzene rings is 1. The highest BCUT2D eigenvalue weighted by Crippen LogP contribution is 2.30. The van der Waals surface area contributed by atoms with Gasteiger partial charge in [0.05, 0.1) is 19.0 Å². The molecule has 0 spiro atoms. The Morgan fingerprint density at radius 1 is 1.21 bits per heavy atom. The highest BCUT2D eigenvalue weighted by molar-refractivity contribution is 7.90. The number of fused-ring (bicyclic) bond motifs is 1. The topological polar surface area (TPSA) is 128 Å². The lowest BCUT2D eigenvalue weighted by Crippen LogP contribution is -2.21. The number of hydrogen-bond donors (Lipinski definition) is 2. The number of nitrogens with zero attached hydrogens (tertiary/aromatic N) is 4. The highest BCUT2D eigenvalue weighted by Gasteiger charge is 2.21. The maximum Gasteiger partial charge on any atom is 0.273 e. The Kier molecular flexibility index (Phi) is 5.21. The van der Waals surface area contributed by atoms with Crippen LogP contribution in [0.25, 0.3) is 11.0 Å². The van der Waals surface area contributed by atoms with E-state index < -0.39 is 22.7 Å². The Bertz CT molecular complexity index is 1580. The van der Waals surface area contributed by atoms with Crippen molar-refractivity contribution in [3.8, 4) is 5.75 Å². The number of ether oxygens (including phenoxy) is 1. The number of carbonyl (C=O) groups excluding carboxylic acids is 1. The second kappa shape index (κ2) is 9.10. The van der Waals surface area contributed by atoms with Crippen LogP contribution in [0.15, 0.2) is 53.6 Å². The number of aryl methyl sites for hydroxylation is 1. The molecule has 10 nitrogen and oxygen atoms in total. The molecular weight excluding hydrogens is 456 g/mol. The zero-order valence-corrected chi connectivity index (χ0v) is 19.5. The Morgan fingerprint density at radius 2 is 1.97 bits per heavy atom. The number of carbonyl (C=O) groups is 1. The first-order valence-corrected chi connectivity index (χ1v) is 12.0. The van der Waals surface area contributed by atoms with E-state index in [0.29, 0.717) is 17.6 Å². The number of amides is 1. The number of hydrogen-bond acceptors (Lipinski definition) is 8. The van der Waals surface area contributed by atoms with Crippen molar-refractivity contribution in [2.75, 3.05) is 25.7 Å². The van der Waals surface area contributed by atoms with Gasteiger partial charge in [0, 0.05) is 35.0 Å². The fourth-order valence-electron chi connectivity index (χ4n) is 3.56. The number of pyridine rings is 1. The summed E-state index contributed by atoms with van der Waals surface area (Å²) < 4.78 is 54.3. The van der Waals surface area contributed by atoms with E-state index in [-0.39, 0.29) is 22.1 Å². The number of anilines is 2. The van der Waals surface area contributed by atoms with E-state index in [4.69, 9.17) is 8.85 Å². The van der Waals surface area contributed by atoms with Crippen LogP contribution in [0.3, 0.4) is 0 Å². The molecule has 0 saturated heterocycles. The summed E-state index contributed by atoms with van der Waals surface area (Å²) in [5.41, 5.74) is 2.06. The molecule has 0 fully saturated rings. The maximum atomic E-state index is 12.7. The molecule has 34 heavy (non-hydrogen) atoms. The predicted octanol–water partition coefficient (Wildman–Crippen LogP) is 2.70. The zero-order chi connectivity index (χ0) is 27.0. The van der Waals surface area contributed by atoms with Gasteiger partial charge in [0.15, 0.2) is 21.3 Å². The van der Waals surface area contributed by atoms with Gasteiger partial charge in [-0.15, -0.1) is 5.10 Å². The van der Waals surface area contributed by atoms with Gasteiger partial charge >= 0.3 is 0 Å². The van der Waals surface area contributed by atoms with Gasteiger partial charge in [0.2, 0.25) is 0 Å². The van der Waals surface area contributed by atoms with Crippen molar-refractivity contribution >= 4 is 38.3 Å². The predicted molar refractivity (Wildman–Crippen MR) is 128 cm³/mol. The summed E-state index contributed by atoms with van der Waals surface area (Å²) in [6.45, 7) is -0.393. The molecule has 2 N–H and O–H groups in total. The molecule has 3 heterocycles. The van der Waals surface area contributed by atoms with Gasteiger partial charge in [-0.05, 0) is 42.8 Å². The quantitative estimate of drug-likeness (QED) is 0.411. The second-order valence-electron chi connectivity index (χ2n) is 7.61. The first-order valence-electron chi connectivity index (χ1n) is 11.6. The van der Waals surface area contributed by atoms with Gasteiger partial charge < -0.3 is 19.9 Å². The van der Waals surface area contributed by atoms with E-state index in [0.717, 1.165) is 23.3 Å². The third-order valence-corrected chi connectivity index (χ3v) is 6.35. The van der Waals surface area contributed by atoms with Gasteiger partial charge in [0.25, 0.3) is 5.91 Å². The summed E-state index contributed by atoms with van der Waals surface area (Å²) in [6, 6.07) is 12.3. The Labute approximate surface area is 201 Å². The molecule has 4 rings (SSSR count). The van der Waals surface area contributed by atoms with Crippen molar-refractivity contribution in [1.82, 2.24) is 25.1 Å². The average molecular weight is 484 g/mol. The molecule has 0 aliphatic heterocycles. The van der Waals surface area contributed by atoms with E-state index in [1.165, 1.54) is 18.3 Å². The van der Waals surface area contributed by atoms with Crippen molar-refractivity contribution in [1.29, 1.82) is 0 Å². The molecule has 4 aromatic rings. The minimum atomic E-state index is -3.75. The van der Waals surface area contributed by atoms with Crippen LogP contribution in [0.1, 0.15) is 25.9 Å². The van der Waals surface area contributed by atoms with Crippen molar-refractivity contribution < 1.29 is 22.1 Å². The van der Waals surface area contributed by atoms with Crippen LogP contribution in [-0.2, 0) is 16.4 Å². The molecular formula is C23H24N6O4S. The summed E-state index contributed by atoms with van der Waals surface area (Å²) in [5, 5.41) is 12.7. The number of nitrogens with one attached hydrogen (secondary N) is 2. The number of methoxy groups -OCH3 is 1. The van der Waals surface area contributed by atoms with Crippen LogP contribution < -0.4 is 15.4 Å². The summed E-state index contributed by atoms with van der Waals surface area (Å²) in [6.07, 6.45) is 2.33. The lowest BCUT2D eigenvalue weighted by atomic mass is 10.2. The standard InChI is InChI=1S/C23H24N6O4S/c1-14-11-16-12-19(34(4,31)32)21(26-18-9-10-25-28-20(18)23(30)24-2)27-22(16)29(14)13-15-5-7-17(33-3)8-6-15/h5-12H,13H2,1-4H3,(H,24,30)(H,25,26,27)/i2D3. The van der Waals surface area contributed by atoms with Gasteiger partial charge in [0.1, 0.15) is 16.3 Å². The smallest absolute Gasteiger partial charge is 0.273 e. The Hall–Kier alpha value is -3.99. The van der Waals surface area contributed by atoms with E-state index in [1.54, 1.807) is 7.11 Å². The maximum absolute atomic E-state index is 12.7. The summed E-state index contributed by atoms with van der Waals surface area (Å²) in [7, 11) is -2.16. The van der Waals surface area contributed by atoms with Crippen LogP contribution in [0.2, 0.25) is 0 Å². The molecule has 0 saturated carbocycles. The van der Waals surface area contributed by atoms with Crippen molar-refractivity contribution in [2.45, 2.75) is 18.4 Å². The van der Waals surface area contributed by atoms with Crippen molar-refractivity contribution in [2.24, 2.45) is 0 Å². The molecule has 1 amide bonds. The fraction of sp³-hybridized carbons (Fsp3) is 0.217. The SMILES string of the molecule is [2H]C([2H])([2H])NC(=O)c1nnccc1Nc1nc2c(cc1S(C)(=O)=O)cc(C)n2Cc1ccc(OC)cc1. The molecule has 0 radical (unpaired) electrons. The van der Waals surface area contributed by atoms with Gasteiger partial charge in [-0.1, -0.05) is 12.1 Å². The molecule has 176 valence electrons. The summed E-state index contributed by atoms with van der Waals surface area (Å²) in [5.74, 6) is -0.319. The van der Waals surface area contributed by atoms with E-state index in [1.807, 2.05) is 47.1 Å². The average Bonchev–Trinajstić information content (AvgIpc) is 3.11. The van der Waals surface area contributed by atoms with Crippen LogP contribution in [0.5, 0.6) is 5.75 Å². The van der Waals surface area contributed by atoms with Crippen LogP contribution >= 0.6 is 0 Å². The second-order valence-corrected chi connectivity index (χ2v) is 9.60. The van der Waals surface area contributed by atoms with Crippen LogP contribution in [-0.4, -0.2) is 54.4 Å². The molecule has 3 aromatic heterocycles. The van der Waals surface area contributed by atoms with Crippen molar-refractivity contribution in [3.63, 3.8) is 0 Å². The molecule has 0 atom stereocenters. The first kappa shape index (κ1) is 19.5. The lowest BCUT2D eigenvalue weighted by Gasteiger charge is -2.14. The van der Waals surface area contributed by atoms with Crippen molar-refractivity contribution in [3.05, 3.63) is 65.6 Å². The third kappa shape index (κ3) is 4.55. The molecule has 0 aliphatic carbocycles. The third-order valence-electron chi connectivity index (χ3n) is 5.24. The fourth-order valence-corrected chi connectivity index (χ4v) is 4.35. The first-order chi connectivity index (χ1) is 17.4. The van der Waals surface area contributed by atoms with Crippen LogP contribution in [0.4, 0.5) is 11.5 Å². The summed E-state index contributed by atoms with van der Waals surface area (Å²) in [4.78, 5) is 17.0. The Balaban J connectivity index is 1.80.